The lowest BCUT2D eigenvalue weighted by Crippen LogP contribution is -1.91. The van der Waals surface area contributed by atoms with Gasteiger partial charge in [-0.1, -0.05) is 0 Å². The number of carbonyl (C=O) groups excluding carboxylic acids is 1. The summed E-state index contributed by atoms with van der Waals surface area (Å²) in [6.45, 7) is 1.84. The van der Waals surface area contributed by atoms with Gasteiger partial charge in [0.2, 0.25) is 0 Å². The number of nitrogens with zero attached hydrogens (tertiary/aromatic N) is 1. The highest BCUT2D eigenvalue weighted by Gasteiger charge is 2.13. The minimum Gasteiger partial charge on any atom is -0.347 e. The second-order valence-corrected chi connectivity index (χ2v) is 4.31. The highest BCUT2D eigenvalue weighted by molar-refractivity contribution is 9.10. The lowest BCUT2D eigenvalue weighted by molar-refractivity contribution is 0.112. The van der Waals surface area contributed by atoms with Crippen molar-refractivity contribution in [2.75, 3.05) is 0 Å². The first-order valence-electron chi connectivity index (χ1n) is 4.45. The monoisotopic (exact) mass is 269 g/mol. The van der Waals surface area contributed by atoms with Crippen molar-refractivity contribution in [3.8, 4) is 0 Å². The summed E-state index contributed by atoms with van der Waals surface area (Å²) in [7, 11) is 1.86. The number of hydrogen-bond acceptors (Lipinski definition) is 1. The number of rotatable bonds is 1. The fourth-order valence-electron chi connectivity index (χ4n) is 1.73. The lowest BCUT2D eigenvalue weighted by atomic mass is 10.1. The zero-order valence-corrected chi connectivity index (χ0v) is 9.93. The van der Waals surface area contributed by atoms with Crippen molar-refractivity contribution in [2.24, 2.45) is 7.05 Å². The van der Waals surface area contributed by atoms with Gasteiger partial charge in [0, 0.05) is 23.7 Å². The SMILES string of the molecule is Cc1c(C=O)c2cc(F)c(Br)cc2n1C. The Kier molecular flexibility index (Phi) is 2.38. The minimum atomic E-state index is -0.351. The Hall–Kier alpha value is -1.16. The Labute approximate surface area is 94.8 Å². The van der Waals surface area contributed by atoms with Crippen LogP contribution < -0.4 is 0 Å². The van der Waals surface area contributed by atoms with E-state index in [9.17, 15) is 9.18 Å². The average molecular weight is 270 g/mol. The minimum absolute atomic E-state index is 0.351. The fraction of sp³-hybridized carbons (Fsp3) is 0.182. The maximum atomic E-state index is 13.3. The van der Waals surface area contributed by atoms with Crippen LogP contribution in [-0.4, -0.2) is 10.9 Å². The Morgan fingerprint density at radius 2 is 2.13 bits per heavy atom. The number of fused-ring (bicyclic) bond motifs is 1. The topological polar surface area (TPSA) is 22.0 Å². The molecule has 0 bridgehead atoms. The molecule has 0 fully saturated rings. The molecule has 0 saturated carbocycles. The summed E-state index contributed by atoms with van der Waals surface area (Å²) in [4.78, 5) is 10.9. The second-order valence-electron chi connectivity index (χ2n) is 3.46. The van der Waals surface area contributed by atoms with Gasteiger partial charge in [-0.15, -0.1) is 0 Å². The molecule has 1 aromatic heterocycles. The first-order chi connectivity index (χ1) is 7.06. The van der Waals surface area contributed by atoms with E-state index in [-0.39, 0.29) is 5.82 Å². The smallest absolute Gasteiger partial charge is 0.152 e. The molecule has 2 nitrogen and oxygen atoms in total. The van der Waals surface area contributed by atoms with Gasteiger partial charge in [0.05, 0.1) is 9.99 Å². The van der Waals surface area contributed by atoms with E-state index in [1.54, 1.807) is 6.07 Å². The molecule has 1 aromatic carbocycles. The van der Waals surface area contributed by atoms with Crippen LogP contribution in [0.1, 0.15) is 16.1 Å². The van der Waals surface area contributed by atoms with Crippen molar-refractivity contribution >= 4 is 33.1 Å². The molecule has 2 rings (SSSR count). The van der Waals surface area contributed by atoms with E-state index >= 15 is 0 Å². The van der Waals surface area contributed by atoms with Gasteiger partial charge in [0.25, 0.3) is 0 Å². The van der Waals surface area contributed by atoms with E-state index in [4.69, 9.17) is 0 Å². The number of benzene rings is 1. The predicted octanol–water partition coefficient (Wildman–Crippen LogP) is 3.20. The third-order valence-electron chi connectivity index (χ3n) is 2.70. The number of carbonyl (C=O) groups is 1. The van der Waals surface area contributed by atoms with E-state index in [2.05, 4.69) is 15.9 Å². The fourth-order valence-corrected chi connectivity index (χ4v) is 2.07. The molecule has 0 aliphatic heterocycles. The highest BCUT2D eigenvalue weighted by atomic mass is 79.9. The molecule has 0 unspecified atom stereocenters. The summed E-state index contributed by atoms with van der Waals surface area (Å²) >= 11 is 3.13. The number of aldehydes is 1. The van der Waals surface area contributed by atoms with Crippen LogP contribution in [0.2, 0.25) is 0 Å². The molecule has 0 atom stereocenters. The van der Waals surface area contributed by atoms with Gasteiger partial charge in [-0.3, -0.25) is 4.79 Å². The summed E-state index contributed by atoms with van der Waals surface area (Å²) in [6.07, 6.45) is 0.769. The van der Waals surface area contributed by atoms with Crippen molar-refractivity contribution in [3.63, 3.8) is 0 Å². The Morgan fingerprint density at radius 3 is 2.73 bits per heavy atom. The first-order valence-corrected chi connectivity index (χ1v) is 5.24. The Bertz CT molecular complexity index is 559. The summed E-state index contributed by atoms with van der Waals surface area (Å²) in [5.74, 6) is -0.351. The van der Waals surface area contributed by atoms with Gasteiger partial charge in [0.1, 0.15) is 5.82 Å². The van der Waals surface area contributed by atoms with Gasteiger partial charge in [-0.2, -0.15) is 0 Å². The zero-order chi connectivity index (χ0) is 11.2. The molecule has 4 heteroatoms. The van der Waals surface area contributed by atoms with Crippen LogP contribution in [0.3, 0.4) is 0 Å². The summed E-state index contributed by atoms with van der Waals surface area (Å²) in [6, 6.07) is 3.07. The van der Waals surface area contributed by atoms with E-state index < -0.39 is 0 Å². The van der Waals surface area contributed by atoms with Crippen LogP contribution in [0.25, 0.3) is 10.9 Å². The quantitative estimate of drug-likeness (QED) is 0.729. The van der Waals surface area contributed by atoms with Crippen LogP contribution in [0.4, 0.5) is 4.39 Å². The van der Waals surface area contributed by atoms with Crippen molar-refractivity contribution in [1.29, 1.82) is 0 Å². The van der Waals surface area contributed by atoms with E-state index in [0.29, 0.717) is 15.4 Å². The second kappa shape index (κ2) is 3.45. The van der Waals surface area contributed by atoms with Crippen LogP contribution in [0, 0.1) is 12.7 Å². The predicted molar refractivity (Wildman–Crippen MR) is 60.7 cm³/mol. The van der Waals surface area contributed by atoms with Crippen LogP contribution in [0.5, 0.6) is 0 Å². The first kappa shape index (κ1) is 10.4. The van der Waals surface area contributed by atoms with Crippen LogP contribution in [0.15, 0.2) is 16.6 Å². The van der Waals surface area contributed by atoms with Gasteiger partial charge < -0.3 is 4.57 Å². The van der Waals surface area contributed by atoms with Gasteiger partial charge in [0.15, 0.2) is 6.29 Å². The van der Waals surface area contributed by atoms with E-state index in [1.807, 2.05) is 18.5 Å². The number of aromatic nitrogens is 1. The molecule has 0 aliphatic rings. The molecule has 0 aliphatic carbocycles. The van der Waals surface area contributed by atoms with Crippen molar-refractivity contribution in [3.05, 3.63) is 33.7 Å². The number of hydrogen-bond donors (Lipinski definition) is 0. The van der Waals surface area contributed by atoms with Crippen molar-refractivity contribution < 1.29 is 9.18 Å². The molecular weight excluding hydrogens is 261 g/mol. The van der Waals surface area contributed by atoms with Crippen molar-refractivity contribution in [2.45, 2.75) is 6.92 Å². The Balaban J connectivity index is 2.97. The highest BCUT2D eigenvalue weighted by Crippen LogP contribution is 2.28. The molecular formula is C11H9BrFNO. The number of halogens is 2. The molecule has 0 amide bonds. The van der Waals surface area contributed by atoms with Gasteiger partial charge in [-0.25, -0.2) is 4.39 Å². The van der Waals surface area contributed by atoms with Crippen LogP contribution in [-0.2, 0) is 7.05 Å². The third kappa shape index (κ3) is 1.40. The third-order valence-corrected chi connectivity index (χ3v) is 3.31. The molecule has 1 heterocycles. The van der Waals surface area contributed by atoms with Gasteiger partial charge in [-0.05, 0) is 35.0 Å². The summed E-state index contributed by atoms with van der Waals surface area (Å²) in [5, 5.41) is 0.658. The van der Waals surface area contributed by atoms with E-state index in [0.717, 1.165) is 17.5 Å². The lowest BCUT2D eigenvalue weighted by Gasteiger charge is -1.99. The Morgan fingerprint density at radius 1 is 1.47 bits per heavy atom. The standard InChI is InChI=1S/C11H9BrFNO/c1-6-8(5-15)7-3-10(13)9(12)4-11(7)14(6)2/h3-5H,1-2H3. The zero-order valence-electron chi connectivity index (χ0n) is 8.34. The maximum Gasteiger partial charge on any atom is 0.152 e. The van der Waals surface area contributed by atoms with Crippen molar-refractivity contribution in [1.82, 2.24) is 4.57 Å². The molecule has 0 radical (unpaired) electrons. The van der Waals surface area contributed by atoms with Crippen LogP contribution >= 0.6 is 15.9 Å². The maximum absolute atomic E-state index is 13.3. The van der Waals surface area contributed by atoms with E-state index in [1.165, 1.54) is 6.07 Å². The normalized spacial score (nSPS) is 10.9. The molecule has 2 aromatic rings. The number of aryl methyl sites for hydroxylation is 1. The molecule has 78 valence electrons. The summed E-state index contributed by atoms with van der Waals surface area (Å²) < 4.78 is 15.6. The molecule has 15 heavy (non-hydrogen) atoms. The molecule has 0 saturated heterocycles. The molecule has 0 N–H and O–H groups in total. The van der Waals surface area contributed by atoms with Gasteiger partial charge >= 0.3 is 0 Å². The summed E-state index contributed by atoms with van der Waals surface area (Å²) in [5.41, 5.74) is 2.25. The molecule has 0 spiro atoms. The largest absolute Gasteiger partial charge is 0.347 e. The average Bonchev–Trinajstić information content (AvgIpc) is 2.42.